The second kappa shape index (κ2) is 6.99. The average Bonchev–Trinajstić information content (AvgIpc) is 3.52. The first kappa shape index (κ1) is 18.4. The van der Waals surface area contributed by atoms with Crippen molar-refractivity contribution in [3.63, 3.8) is 0 Å². The van der Waals surface area contributed by atoms with E-state index >= 15 is 0 Å². The maximum atomic E-state index is 13.8. The van der Waals surface area contributed by atoms with Gasteiger partial charge in [0.05, 0.1) is 0 Å². The molecule has 1 fully saturated rings. The van der Waals surface area contributed by atoms with E-state index in [2.05, 4.69) is 10.3 Å². The Kier molecular flexibility index (Phi) is 4.28. The summed E-state index contributed by atoms with van der Waals surface area (Å²) < 4.78 is 15.7. The van der Waals surface area contributed by atoms with Crippen LogP contribution in [-0.4, -0.2) is 20.6 Å². The number of pyridine rings is 1. The molecule has 30 heavy (non-hydrogen) atoms. The number of carboxylic acid groups (broad SMARTS) is 1. The first-order valence-corrected chi connectivity index (χ1v) is 9.85. The fourth-order valence-electron chi connectivity index (χ4n) is 3.88. The number of aromatic carboxylic acids is 1. The number of fused-ring (bicyclic) bond motifs is 1. The summed E-state index contributed by atoms with van der Waals surface area (Å²) in [6, 6.07) is 14.0. The maximum Gasteiger partial charge on any atom is 0.339 e. The van der Waals surface area contributed by atoms with E-state index in [0.29, 0.717) is 11.7 Å². The molecule has 0 amide bonds. The first-order valence-electron chi connectivity index (χ1n) is 9.85. The molecule has 0 aliphatic heterocycles. The average molecular weight is 401 g/mol. The highest BCUT2D eigenvalue weighted by Crippen LogP contribution is 2.41. The molecule has 2 aromatic heterocycles. The molecule has 1 saturated carbocycles. The number of rotatable bonds is 5. The second-order valence-corrected chi connectivity index (χ2v) is 7.77. The van der Waals surface area contributed by atoms with Crippen LogP contribution in [0.4, 0.5) is 15.9 Å². The number of halogens is 1. The van der Waals surface area contributed by atoms with Crippen LogP contribution >= 0.6 is 0 Å². The monoisotopic (exact) mass is 401 g/mol. The molecule has 0 atom stereocenters. The van der Waals surface area contributed by atoms with Crippen LogP contribution in [0, 0.1) is 5.82 Å². The van der Waals surface area contributed by atoms with E-state index in [1.807, 2.05) is 42.1 Å². The van der Waals surface area contributed by atoms with Crippen LogP contribution in [0.1, 0.15) is 34.7 Å². The van der Waals surface area contributed by atoms with E-state index in [0.717, 1.165) is 46.1 Å². The molecule has 0 radical (unpaired) electrons. The highest BCUT2D eigenvalue weighted by atomic mass is 19.1. The zero-order chi connectivity index (χ0) is 20.8. The summed E-state index contributed by atoms with van der Waals surface area (Å²) >= 11 is 0. The molecule has 1 aliphatic carbocycles. The Morgan fingerprint density at radius 2 is 2.03 bits per heavy atom. The molecule has 0 saturated heterocycles. The van der Waals surface area contributed by atoms with Gasteiger partial charge in [-0.3, -0.25) is 0 Å². The van der Waals surface area contributed by atoms with Crippen LogP contribution in [0.2, 0.25) is 0 Å². The number of hydrogen-bond donors (Lipinski definition) is 2. The maximum absolute atomic E-state index is 13.8. The smallest absolute Gasteiger partial charge is 0.339 e. The number of carbonyl (C=O) groups is 1. The molecule has 4 aromatic rings. The Morgan fingerprint density at radius 1 is 1.20 bits per heavy atom. The van der Waals surface area contributed by atoms with E-state index in [1.54, 1.807) is 18.3 Å². The van der Waals surface area contributed by atoms with Gasteiger partial charge in [-0.25, -0.2) is 14.2 Å². The van der Waals surface area contributed by atoms with Crippen LogP contribution in [-0.2, 0) is 7.05 Å². The van der Waals surface area contributed by atoms with Crippen molar-refractivity contribution in [2.45, 2.75) is 18.8 Å². The van der Waals surface area contributed by atoms with Crippen molar-refractivity contribution in [3.8, 4) is 11.1 Å². The minimum atomic E-state index is -1.01. The molecule has 6 heteroatoms. The van der Waals surface area contributed by atoms with Gasteiger partial charge in [0.25, 0.3) is 0 Å². The minimum absolute atomic E-state index is 0.165. The first-order chi connectivity index (χ1) is 14.5. The topological polar surface area (TPSA) is 67.2 Å². The van der Waals surface area contributed by atoms with Gasteiger partial charge in [0.15, 0.2) is 0 Å². The number of benzene rings is 2. The van der Waals surface area contributed by atoms with Crippen LogP contribution in [0.25, 0.3) is 22.0 Å². The van der Waals surface area contributed by atoms with Gasteiger partial charge in [-0.2, -0.15) is 0 Å². The van der Waals surface area contributed by atoms with E-state index in [-0.39, 0.29) is 11.4 Å². The molecule has 0 bridgehead atoms. The van der Waals surface area contributed by atoms with E-state index in [1.165, 1.54) is 12.1 Å². The fourth-order valence-corrected chi connectivity index (χ4v) is 3.88. The van der Waals surface area contributed by atoms with E-state index < -0.39 is 5.97 Å². The van der Waals surface area contributed by atoms with Crippen molar-refractivity contribution < 1.29 is 14.3 Å². The predicted octanol–water partition coefficient (Wildman–Crippen LogP) is 5.70. The summed E-state index contributed by atoms with van der Waals surface area (Å²) in [5.41, 5.74) is 4.56. The Bertz CT molecular complexity index is 1290. The third-order valence-corrected chi connectivity index (χ3v) is 5.58. The zero-order valence-corrected chi connectivity index (χ0v) is 16.4. The molecular weight excluding hydrogens is 381 g/mol. The molecule has 5 nitrogen and oxygen atoms in total. The fraction of sp³-hybridized carbons (Fsp3) is 0.167. The summed E-state index contributed by atoms with van der Waals surface area (Å²) in [6.07, 6.45) is 5.89. The van der Waals surface area contributed by atoms with Crippen molar-refractivity contribution in [1.29, 1.82) is 0 Å². The minimum Gasteiger partial charge on any atom is -0.478 e. The van der Waals surface area contributed by atoms with Crippen molar-refractivity contribution in [1.82, 2.24) is 9.55 Å². The van der Waals surface area contributed by atoms with Crippen molar-refractivity contribution in [2.24, 2.45) is 7.05 Å². The lowest BCUT2D eigenvalue weighted by Gasteiger charge is -2.11. The van der Waals surface area contributed by atoms with Crippen LogP contribution < -0.4 is 5.32 Å². The highest BCUT2D eigenvalue weighted by Gasteiger charge is 2.26. The summed E-state index contributed by atoms with van der Waals surface area (Å²) in [5.74, 6) is -0.549. The SMILES string of the molecule is Cn1cc(-c2cccc(F)c2)c2cc(Nc3ncc(C4CC4)cc3C(=O)O)ccc21. The zero-order valence-electron chi connectivity index (χ0n) is 16.4. The summed E-state index contributed by atoms with van der Waals surface area (Å²) in [4.78, 5) is 16.2. The summed E-state index contributed by atoms with van der Waals surface area (Å²) in [5, 5.41) is 13.7. The molecular formula is C24H20FN3O2. The van der Waals surface area contributed by atoms with Crippen molar-refractivity contribution in [3.05, 3.63) is 77.9 Å². The normalized spacial score (nSPS) is 13.5. The Balaban J connectivity index is 1.56. The van der Waals surface area contributed by atoms with Gasteiger partial charge in [0.1, 0.15) is 17.2 Å². The number of aryl methyl sites for hydroxylation is 1. The number of hydrogen-bond acceptors (Lipinski definition) is 3. The van der Waals surface area contributed by atoms with Crippen LogP contribution in [0.3, 0.4) is 0 Å². The van der Waals surface area contributed by atoms with Crippen molar-refractivity contribution >= 4 is 28.4 Å². The Hall–Kier alpha value is -3.67. The summed E-state index contributed by atoms with van der Waals surface area (Å²) in [6.45, 7) is 0. The molecule has 150 valence electrons. The third-order valence-electron chi connectivity index (χ3n) is 5.58. The lowest BCUT2D eigenvalue weighted by Crippen LogP contribution is -2.06. The second-order valence-electron chi connectivity index (χ2n) is 7.77. The molecule has 5 rings (SSSR count). The molecule has 2 heterocycles. The standard InChI is InChI=1S/C24H20FN3O2/c1-28-13-21(15-3-2-4-17(25)9-15)19-11-18(7-8-22(19)28)27-23-20(24(29)30)10-16(12-26-23)14-5-6-14/h2-4,7-14H,5-6H2,1H3,(H,26,27)(H,29,30). The lowest BCUT2D eigenvalue weighted by molar-refractivity contribution is 0.0697. The molecule has 2 N–H and O–H groups in total. The number of nitrogens with one attached hydrogen (secondary N) is 1. The number of anilines is 2. The number of carboxylic acids is 1. The number of nitrogens with zero attached hydrogens (tertiary/aromatic N) is 2. The van der Waals surface area contributed by atoms with E-state index in [4.69, 9.17) is 0 Å². The summed E-state index contributed by atoms with van der Waals surface area (Å²) in [7, 11) is 1.94. The third kappa shape index (κ3) is 3.30. The predicted molar refractivity (Wildman–Crippen MR) is 115 cm³/mol. The van der Waals surface area contributed by atoms with Gasteiger partial charge in [-0.05, 0) is 66.3 Å². The molecule has 0 unspecified atom stereocenters. The van der Waals surface area contributed by atoms with Crippen molar-refractivity contribution in [2.75, 3.05) is 5.32 Å². The Morgan fingerprint density at radius 3 is 2.77 bits per heavy atom. The van der Waals surface area contributed by atoms with Gasteiger partial charge < -0.3 is 15.0 Å². The highest BCUT2D eigenvalue weighted by molar-refractivity contribution is 5.99. The largest absolute Gasteiger partial charge is 0.478 e. The van der Waals surface area contributed by atoms with Gasteiger partial charge in [-0.1, -0.05) is 12.1 Å². The van der Waals surface area contributed by atoms with Crippen LogP contribution in [0.15, 0.2) is 60.9 Å². The van der Waals surface area contributed by atoms with Gasteiger partial charge in [-0.15, -0.1) is 0 Å². The van der Waals surface area contributed by atoms with Gasteiger partial charge in [0.2, 0.25) is 0 Å². The molecule has 1 aliphatic rings. The van der Waals surface area contributed by atoms with Crippen LogP contribution in [0.5, 0.6) is 0 Å². The van der Waals surface area contributed by atoms with Gasteiger partial charge in [0, 0.05) is 41.6 Å². The van der Waals surface area contributed by atoms with Gasteiger partial charge >= 0.3 is 5.97 Å². The lowest BCUT2D eigenvalue weighted by atomic mass is 10.0. The Labute approximate surface area is 172 Å². The molecule has 0 spiro atoms. The quantitative estimate of drug-likeness (QED) is 0.450. The number of aromatic nitrogens is 2. The molecule has 2 aromatic carbocycles. The van der Waals surface area contributed by atoms with E-state index in [9.17, 15) is 14.3 Å².